The van der Waals surface area contributed by atoms with Gasteiger partial charge in [0, 0.05) is 11.2 Å². The van der Waals surface area contributed by atoms with Crippen LogP contribution in [-0.2, 0) is 19.4 Å². The molecule has 0 amide bonds. The van der Waals surface area contributed by atoms with Gasteiger partial charge in [-0.15, -0.1) is 10.2 Å². The number of hydrogen-bond acceptors (Lipinski definition) is 5. The van der Waals surface area contributed by atoms with Gasteiger partial charge in [0.15, 0.2) is 0 Å². The van der Waals surface area contributed by atoms with E-state index >= 15 is 0 Å². The fourth-order valence-corrected chi connectivity index (χ4v) is 3.16. The lowest BCUT2D eigenvalue weighted by Crippen LogP contribution is -2.35. The van der Waals surface area contributed by atoms with E-state index in [9.17, 15) is 0 Å². The first-order chi connectivity index (χ1) is 9.53. The standard InChI is InChI=1S/C14H21N5S/c1-14(2,3)16-8-12-17-18-13(20-12)19-9-15-10-6-4-5-7-11(10)19/h9,16H,4-8H2,1-3H3. The number of aromatic nitrogens is 4. The van der Waals surface area contributed by atoms with Crippen LogP contribution in [0.5, 0.6) is 0 Å². The second kappa shape index (κ2) is 5.26. The third kappa shape index (κ3) is 2.91. The van der Waals surface area contributed by atoms with Gasteiger partial charge in [0.05, 0.1) is 12.2 Å². The van der Waals surface area contributed by atoms with Gasteiger partial charge in [-0.2, -0.15) is 0 Å². The van der Waals surface area contributed by atoms with Crippen LogP contribution >= 0.6 is 11.3 Å². The molecule has 1 N–H and O–H groups in total. The molecule has 0 saturated carbocycles. The lowest BCUT2D eigenvalue weighted by atomic mass is 10.0. The van der Waals surface area contributed by atoms with Gasteiger partial charge in [0.1, 0.15) is 11.3 Å². The Labute approximate surface area is 123 Å². The molecule has 0 aromatic carbocycles. The molecule has 1 aliphatic carbocycles. The van der Waals surface area contributed by atoms with Gasteiger partial charge in [-0.1, -0.05) is 11.3 Å². The van der Waals surface area contributed by atoms with E-state index < -0.39 is 0 Å². The molecule has 2 aromatic rings. The summed E-state index contributed by atoms with van der Waals surface area (Å²) < 4.78 is 2.12. The lowest BCUT2D eigenvalue weighted by Gasteiger charge is -2.19. The number of aryl methyl sites for hydroxylation is 1. The first kappa shape index (κ1) is 13.7. The summed E-state index contributed by atoms with van der Waals surface area (Å²) >= 11 is 1.64. The average molecular weight is 291 g/mol. The third-order valence-corrected chi connectivity index (χ3v) is 4.38. The van der Waals surface area contributed by atoms with E-state index in [0.717, 1.165) is 29.5 Å². The molecule has 0 aliphatic heterocycles. The second-order valence-corrected chi connectivity index (χ2v) is 7.34. The summed E-state index contributed by atoms with van der Waals surface area (Å²) in [6.45, 7) is 7.22. The molecule has 0 atom stereocenters. The Kier molecular flexibility index (Phi) is 3.60. The van der Waals surface area contributed by atoms with Gasteiger partial charge < -0.3 is 5.32 Å². The Hall–Kier alpha value is -1.27. The normalized spacial score (nSPS) is 15.3. The molecule has 0 unspecified atom stereocenters. The quantitative estimate of drug-likeness (QED) is 0.944. The summed E-state index contributed by atoms with van der Waals surface area (Å²) in [7, 11) is 0. The van der Waals surface area contributed by atoms with Crippen LogP contribution in [0.4, 0.5) is 0 Å². The van der Waals surface area contributed by atoms with Crippen LogP contribution in [0.3, 0.4) is 0 Å². The Bertz CT molecular complexity index is 593. The van der Waals surface area contributed by atoms with Crippen LogP contribution in [0.2, 0.25) is 0 Å². The zero-order valence-corrected chi connectivity index (χ0v) is 13.1. The van der Waals surface area contributed by atoms with E-state index in [1.807, 2.05) is 6.33 Å². The maximum absolute atomic E-state index is 4.51. The second-order valence-electron chi connectivity index (χ2n) is 6.30. The highest BCUT2D eigenvalue weighted by Crippen LogP contribution is 2.24. The summed E-state index contributed by atoms with van der Waals surface area (Å²) in [6, 6.07) is 0. The molecule has 3 rings (SSSR count). The maximum atomic E-state index is 4.51. The van der Waals surface area contributed by atoms with Crippen molar-refractivity contribution >= 4 is 11.3 Å². The van der Waals surface area contributed by atoms with Gasteiger partial charge in [0.2, 0.25) is 5.13 Å². The van der Waals surface area contributed by atoms with Crippen LogP contribution in [0, 0.1) is 0 Å². The number of fused-ring (bicyclic) bond motifs is 1. The van der Waals surface area contributed by atoms with Crippen molar-refractivity contribution in [3.63, 3.8) is 0 Å². The van der Waals surface area contributed by atoms with Crippen LogP contribution in [0.25, 0.3) is 5.13 Å². The number of nitrogens with one attached hydrogen (secondary N) is 1. The molecule has 108 valence electrons. The molecule has 2 aromatic heterocycles. The molecule has 6 heteroatoms. The molecule has 2 heterocycles. The molecular weight excluding hydrogens is 270 g/mol. The minimum absolute atomic E-state index is 0.0972. The predicted octanol–water partition coefficient (Wildman–Crippen LogP) is 2.49. The average Bonchev–Trinajstić information content (AvgIpc) is 3.01. The Morgan fingerprint density at radius 3 is 2.85 bits per heavy atom. The number of rotatable bonds is 3. The molecule has 20 heavy (non-hydrogen) atoms. The fraction of sp³-hybridized carbons (Fsp3) is 0.643. The van der Waals surface area contributed by atoms with Gasteiger partial charge >= 0.3 is 0 Å². The lowest BCUT2D eigenvalue weighted by molar-refractivity contribution is 0.423. The van der Waals surface area contributed by atoms with Gasteiger partial charge in [-0.3, -0.25) is 4.57 Å². The minimum Gasteiger partial charge on any atom is -0.306 e. The largest absolute Gasteiger partial charge is 0.306 e. The van der Waals surface area contributed by atoms with E-state index in [1.54, 1.807) is 11.3 Å². The van der Waals surface area contributed by atoms with E-state index in [-0.39, 0.29) is 5.54 Å². The van der Waals surface area contributed by atoms with Crippen molar-refractivity contribution < 1.29 is 0 Å². The predicted molar refractivity (Wildman–Crippen MR) is 80.3 cm³/mol. The summed E-state index contributed by atoms with van der Waals surface area (Å²) in [5.41, 5.74) is 2.66. The highest BCUT2D eigenvalue weighted by molar-refractivity contribution is 7.13. The van der Waals surface area contributed by atoms with E-state index in [2.05, 4.69) is 45.8 Å². The van der Waals surface area contributed by atoms with Crippen LogP contribution < -0.4 is 5.32 Å². The molecule has 0 bridgehead atoms. The molecule has 1 aliphatic rings. The van der Waals surface area contributed by atoms with E-state index in [0.29, 0.717) is 0 Å². The first-order valence-electron chi connectivity index (χ1n) is 7.16. The van der Waals surface area contributed by atoms with Gasteiger partial charge in [0.25, 0.3) is 0 Å². The molecule has 0 spiro atoms. The zero-order valence-electron chi connectivity index (χ0n) is 12.3. The molecule has 0 fully saturated rings. The smallest absolute Gasteiger partial charge is 0.217 e. The zero-order chi connectivity index (χ0) is 14.2. The monoisotopic (exact) mass is 291 g/mol. The van der Waals surface area contributed by atoms with Crippen molar-refractivity contribution in [2.45, 2.75) is 58.5 Å². The molecular formula is C14H21N5S. The minimum atomic E-state index is 0.0972. The van der Waals surface area contributed by atoms with Crippen molar-refractivity contribution in [1.29, 1.82) is 0 Å². The van der Waals surface area contributed by atoms with Crippen LogP contribution in [-0.4, -0.2) is 25.3 Å². The van der Waals surface area contributed by atoms with Crippen molar-refractivity contribution in [3.8, 4) is 5.13 Å². The van der Waals surface area contributed by atoms with Crippen LogP contribution in [0.15, 0.2) is 6.33 Å². The Morgan fingerprint density at radius 1 is 1.25 bits per heavy atom. The summed E-state index contributed by atoms with van der Waals surface area (Å²) in [5, 5.41) is 14.0. The summed E-state index contributed by atoms with van der Waals surface area (Å²) in [6.07, 6.45) is 6.60. The highest BCUT2D eigenvalue weighted by Gasteiger charge is 2.18. The van der Waals surface area contributed by atoms with Gasteiger partial charge in [-0.05, 0) is 46.5 Å². The highest BCUT2D eigenvalue weighted by atomic mass is 32.1. The van der Waals surface area contributed by atoms with Crippen molar-refractivity contribution in [1.82, 2.24) is 25.1 Å². The Balaban J connectivity index is 1.78. The first-order valence-corrected chi connectivity index (χ1v) is 7.97. The maximum Gasteiger partial charge on any atom is 0.217 e. The number of hydrogen-bond donors (Lipinski definition) is 1. The van der Waals surface area contributed by atoms with Crippen molar-refractivity contribution in [2.24, 2.45) is 0 Å². The number of nitrogens with zero attached hydrogens (tertiary/aromatic N) is 4. The SMILES string of the molecule is CC(C)(C)NCc1nnc(-n2cnc3c2CCCC3)s1. The summed E-state index contributed by atoms with van der Waals surface area (Å²) in [4.78, 5) is 4.51. The van der Waals surface area contributed by atoms with Crippen LogP contribution in [0.1, 0.15) is 50.0 Å². The Morgan fingerprint density at radius 2 is 2.05 bits per heavy atom. The molecule has 0 radical (unpaired) electrons. The fourth-order valence-electron chi connectivity index (χ4n) is 2.39. The van der Waals surface area contributed by atoms with Gasteiger partial charge in [-0.25, -0.2) is 4.98 Å². The van der Waals surface area contributed by atoms with Crippen molar-refractivity contribution in [2.75, 3.05) is 0 Å². The third-order valence-electron chi connectivity index (χ3n) is 3.46. The topological polar surface area (TPSA) is 55.6 Å². The molecule has 0 saturated heterocycles. The summed E-state index contributed by atoms with van der Waals surface area (Å²) in [5.74, 6) is 0. The van der Waals surface area contributed by atoms with Crippen molar-refractivity contribution in [3.05, 3.63) is 22.7 Å². The number of imidazole rings is 1. The van der Waals surface area contributed by atoms with E-state index in [4.69, 9.17) is 0 Å². The van der Waals surface area contributed by atoms with E-state index in [1.165, 1.54) is 24.2 Å². The molecule has 5 nitrogen and oxygen atoms in total.